The number of aromatic nitrogens is 2. The Morgan fingerprint density at radius 1 is 1.04 bits per heavy atom. The Labute approximate surface area is 148 Å². The van der Waals surface area contributed by atoms with Gasteiger partial charge in [-0.25, -0.2) is 0 Å². The number of aliphatic hydroxyl groups is 1. The summed E-state index contributed by atoms with van der Waals surface area (Å²) in [7, 11) is 0. The van der Waals surface area contributed by atoms with Gasteiger partial charge in [-0.05, 0) is 25.0 Å². The van der Waals surface area contributed by atoms with E-state index in [-0.39, 0.29) is 6.10 Å². The summed E-state index contributed by atoms with van der Waals surface area (Å²) in [6.07, 6.45) is 4.88. The van der Waals surface area contributed by atoms with Crippen molar-refractivity contribution >= 4 is 0 Å². The van der Waals surface area contributed by atoms with Crippen molar-refractivity contribution in [3.63, 3.8) is 0 Å². The van der Waals surface area contributed by atoms with Crippen LogP contribution in [0, 0.1) is 0 Å². The monoisotopic (exact) mass is 342 g/mol. The fraction of sp³-hybridized carbons (Fsp3) is 0.579. The Morgan fingerprint density at radius 2 is 1.84 bits per heavy atom. The molecule has 1 atom stereocenters. The highest BCUT2D eigenvalue weighted by atomic mass is 16.4. The van der Waals surface area contributed by atoms with Crippen LogP contribution in [0.1, 0.15) is 31.6 Å². The van der Waals surface area contributed by atoms with E-state index >= 15 is 0 Å². The average Bonchev–Trinajstić information content (AvgIpc) is 3.28. The lowest BCUT2D eigenvalue weighted by Crippen LogP contribution is -2.39. The molecule has 1 aromatic carbocycles. The van der Waals surface area contributed by atoms with E-state index in [0.717, 1.165) is 25.2 Å². The van der Waals surface area contributed by atoms with E-state index in [4.69, 9.17) is 4.42 Å². The largest absolute Gasteiger partial charge is 0.419 e. The second-order valence-electron chi connectivity index (χ2n) is 7.19. The summed E-state index contributed by atoms with van der Waals surface area (Å²) in [5.74, 6) is 1.17. The van der Waals surface area contributed by atoms with Gasteiger partial charge in [-0.2, -0.15) is 0 Å². The Balaban J connectivity index is 1.38. The lowest BCUT2D eigenvalue weighted by Gasteiger charge is -2.27. The lowest BCUT2D eigenvalue weighted by atomic mass is 10.2. The van der Waals surface area contributed by atoms with Gasteiger partial charge < -0.3 is 9.52 Å². The Hall–Kier alpha value is -1.76. The summed E-state index contributed by atoms with van der Waals surface area (Å²) in [5.41, 5.74) is 0.935. The molecule has 0 radical (unpaired) electrons. The molecule has 6 heteroatoms. The van der Waals surface area contributed by atoms with Gasteiger partial charge in [-0.3, -0.25) is 9.80 Å². The zero-order valence-corrected chi connectivity index (χ0v) is 14.5. The molecule has 0 bridgehead atoms. The molecule has 2 aliphatic rings. The molecule has 1 aromatic heterocycles. The highest BCUT2D eigenvalue weighted by molar-refractivity contribution is 5.51. The van der Waals surface area contributed by atoms with Crippen molar-refractivity contribution in [3.8, 4) is 11.5 Å². The van der Waals surface area contributed by atoms with Crippen molar-refractivity contribution in [1.82, 2.24) is 20.0 Å². The summed E-state index contributed by atoms with van der Waals surface area (Å²) < 4.78 is 5.82. The van der Waals surface area contributed by atoms with Crippen LogP contribution in [0.2, 0.25) is 0 Å². The maximum atomic E-state index is 10.4. The molecule has 1 saturated carbocycles. The summed E-state index contributed by atoms with van der Waals surface area (Å²) in [5, 5.41) is 18.7. The molecule has 0 spiro atoms. The van der Waals surface area contributed by atoms with Crippen molar-refractivity contribution in [3.05, 3.63) is 36.2 Å². The smallest absolute Gasteiger partial charge is 0.247 e. The third-order valence-corrected chi connectivity index (χ3v) is 5.31. The molecule has 2 aromatic rings. The third kappa shape index (κ3) is 4.08. The van der Waals surface area contributed by atoms with E-state index in [2.05, 4.69) is 20.0 Å². The van der Waals surface area contributed by atoms with Crippen molar-refractivity contribution < 1.29 is 9.52 Å². The van der Waals surface area contributed by atoms with Gasteiger partial charge in [0.05, 0.1) is 12.6 Å². The van der Waals surface area contributed by atoms with E-state index in [1.54, 1.807) is 0 Å². The first kappa shape index (κ1) is 16.7. The summed E-state index contributed by atoms with van der Waals surface area (Å²) >= 11 is 0. The van der Waals surface area contributed by atoms with Crippen LogP contribution < -0.4 is 0 Å². The van der Waals surface area contributed by atoms with Crippen LogP contribution in [-0.4, -0.2) is 63.4 Å². The number of nitrogens with zero attached hydrogens (tertiary/aromatic N) is 4. The van der Waals surface area contributed by atoms with Crippen LogP contribution in [0.5, 0.6) is 0 Å². The van der Waals surface area contributed by atoms with Crippen molar-refractivity contribution in [2.75, 3.05) is 26.2 Å². The molecule has 1 aliphatic heterocycles. The first-order valence-electron chi connectivity index (χ1n) is 9.30. The standard InChI is InChI=1S/C19H26N4O2/c24-17-12-22(10-11-23(13-17)16-8-4-5-9-16)14-18-20-21-19(25-18)15-6-2-1-3-7-15/h1-3,6-7,16-17,24H,4-5,8-14H2. The summed E-state index contributed by atoms with van der Waals surface area (Å²) in [6, 6.07) is 10.5. The van der Waals surface area contributed by atoms with E-state index < -0.39 is 0 Å². The minimum atomic E-state index is -0.320. The van der Waals surface area contributed by atoms with Gasteiger partial charge in [0.2, 0.25) is 11.8 Å². The van der Waals surface area contributed by atoms with E-state index in [1.807, 2.05) is 30.3 Å². The Kier molecular flexibility index (Phi) is 5.10. The van der Waals surface area contributed by atoms with Crippen molar-refractivity contribution in [1.29, 1.82) is 0 Å². The minimum absolute atomic E-state index is 0.320. The molecule has 2 fully saturated rings. The summed E-state index contributed by atoms with van der Waals surface area (Å²) in [6.45, 7) is 3.96. The fourth-order valence-corrected chi connectivity index (χ4v) is 4.03. The van der Waals surface area contributed by atoms with Gasteiger partial charge in [-0.1, -0.05) is 31.0 Å². The van der Waals surface area contributed by atoms with Crippen LogP contribution in [-0.2, 0) is 6.54 Å². The fourth-order valence-electron chi connectivity index (χ4n) is 4.03. The minimum Gasteiger partial charge on any atom is -0.419 e. The van der Waals surface area contributed by atoms with Crippen LogP contribution in [0.4, 0.5) is 0 Å². The van der Waals surface area contributed by atoms with Gasteiger partial charge in [0.1, 0.15) is 0 Å². The predicted octanol–water partition coefficient (Wildman–Crippen LogP) is 2.16. The SMILES string of the molecule is OC1CN(Cc2nnc(-c3ccccc3)o2)CCN(C2CCCC2)C1. The van der Waals surface area contributed by atoms with Gasteiger partial charge in [-0.15, -0.1) is 10.2 Å². The van der Waals surface area contributed by atoms with Crippen molar-refractivity contribution in [2.45, 2.75) is 44.4 Å². The maximum absolute atomic E-state index is 10.4. The normalized spacial score (nSPS) is 23.8. The van der Waals surface area contributed by atoms with Crippen LogP contribution in [0.3, 0.4) is 0 Å². The van der Waals surface area contributed by atoms with E-state index in [1.165, 1.54) is 25.7 Å². The first-order valence-corrected chi connectivity index (χ1v) is 9.30. The van der Waals surface area contributed by atoms with E-state index in [0.29, 0.717) is 30.9 Å². The second-order valence-corrected chi connectivity index (χ2v) is 7.19. The number of aliphatic hydroxyl groups excluding tert-OH is 1. The molecule has 1 saturated heterocycles. The predicted molar refractivity (Wildman–Crippen MR) is 94.8 cm³/mol. The Morgan fingerprint density at radius 3 is 2.64 bits per heavy atom. The molecule has 0 amide bonds. The zero-order chi connectivity index (χ0) is 17.1. The Bertz CT molecular complexity index is 669. The highest BCUT2D eigenvalue weighted by Gasteiger charge is 2.28. The van der Waals surface area contributed by atoms with E-state index in [9.17, 15) is 5.11 Å². The zero-order valence-electron chi connectivity index (χ0n) is 14.5. The van der Waals surface area contributed by atoms with Crippen LogP contribution in [0.25, 0.3) is 11.5 Å². The van der Waals surface area contributed by atoms with Gasteiger partial charge >= 0.3 is 0 Å². The molecule has 1 N–H and O–H groups in total. The molecular formula is C19H26N4O2. The number of hydrogen-bond acceptors (Lipinski definition) is 6. The average molecular weight is 342 g/mol. The lowest BCUT2D eigenvalue weighted by molar-refractivity contribution is 0.0926. The number of benzene rings is 1. The quantitative estimate of drug-likeness (QED) is 0.918. The van der Waals surface area contributed by atoms with Crippen LogP contribution >= 0.6 is 0 Å². The molecule has 25 heavy (non-hydrogen) atoms. The van der Waals surface area contributed by atoms with Gasteiger partial charge in [0.25, 0.3) is 0 Å². The summed E-state index contributed by atoms with van der Waals surface area (Å²) in [4.78, 5) is 4.70. The van der Waals surface area contributed by atoms with Crippen LogP contribution in [0.15, 0.2) is 34.7 Å². The number of hydrogen-bond donors (Lipinski definition) is 1. The molecule has 2 heterocycles. The molecule has 6 nitrogen and oxygen atoms in total. The van der Waals surface area contributed by atoms with Gasteiger partial charge in [0.15, 0.2) is 0 Å². The number of rotatable bonds is 4. The highest BCUT2D eigenvalue weighted by Crippen LogP contribution is 2.25. The topological polar surface area (TPSA) is 65.6 Å². The molecule has 1 aliphatic carbocycles. The molecule has 134 valence electrons. The first-order chi connectivity index (χ1) is 12.3. The molecule has 4 rings (SSSR count). The maximum Gasteiger partial charge on any atom is 0.247 e. The molecule has 1 unspecified atom stereocenters. The second kappa shape index (κ2) is 7.64. The molecular weight excluding hydrogens is 316 g/mol. The third-order valence-electron chi connectivity index (χ3n) is 5.31. The number of β-amino-alcohol motifs (C(OH)–C–C–N with tert-alkyl or cyclic N) is 1. The van der Waals surface area contributed by atoms with Crippen molar-refractivity contribution in [2.24, 2.45) is 0 Å². The van der Waals surface area contributed by atoms with Gasteiger partial charge in [0, 0.05) is 37.8 Å².